The van der Waals surface area contributed by atoms with Gasteiger partial charge in [-0.3, -0.25) is 0 Å². The number of aromatic hydroxyl groups is 1. The van der Waals surface area contributed by atoms with Crippen molar-refractivity contribution in [1.82, 2.24) is 0 Å². The molecule has 0 amide bonds. The van der Waals surface area contributed by atoms with Crippen molar-refractivity contribution in [3.8, 4) is 5.75 Å². The number of hydrogen-bond acceptors (Lipinski definition) is 3. The standard InChI is InChI=1S/C14H16O3/c1-17-14(16)9-13(10-4-2-5-10)11-6-3-7-12(15)8-11/h3,6-10,15H,2,4-5H2,1H3. The van der Waals surface area contributed by atoms with Gasteiger partial charge in [-0.15, -0.1) is 0 Å². The van der Waals surface area contributed by atoms with Gasteiger partial charge in [0.25, 0.3) is 0 Å². The van der Waals surface area contributed by atoms with Gasteiger partial charge in [0.2, 0.25) is 0 Å². The second kappa shape index (κ2) is 5.04. The van der Waals surface area contributed by atoms with Crippen LogP contribution in [0, 0.1) is 5.92 Å². The molecule has 17 heavy (non-hydrogen) atoms. The predicted molar refractivity (Wildman–Crippen MR) is 65.4 cm³/mol. The Labute approximate surface area is 101 Å². The van der Waals surface area contributed by atoms with Crippen LogP contribution in [0.4, 0.5) is 0 Å². The van der Waals surface area contributed by atoms with E-state index in [4.69, 9.17) is 0 Å². The number of carbonyl (C=O) groups is 1. The van der Waals surface area contributed by atoms with Crippen molar-refractivity contribution in [2.45, 2.75) is 19.3 Å². The average Bonchev–Trinajstić information content (AvgIpc) is 2.25. The lowest BCUT2D eigenvalue weighted by atomic mass is 9.77. The van der Waals surface area contributed by atoms with Gasteiger partial charge in [0.15, 0.2) is 0 Å². The number of carbonyl (C=O) groups excluding carboxylic acids is 1. The van der Waals surface area contributed by atoms with Gasteiger partial charge in [0.05, 0.1) is 7.11 Å². The normalized spacial score (nSPS) is 16.4. The first-order valence-corrected chi connectivity index (χ1v) is 5.79. The highest BCUT2D eigenvalue weighted by Gasteiger charge is 2.24. The third-order valence-electron chi connectivity index (χ3n) is 3.20. The first kappa shape index (κ1) is 11.7. The number of hydrogen-bond donors (Lipinski definition) is 1. The van der Waals surface area contributed by atoms with Crippen LogP contribution in [0.3, 0.4) is 0 Å². The molecule has 0 heterocycles. The molecule has 1 N–H and O–H groups in total. The van der Waals surface area contributed by atoms with Crippen LogP contribution in [-0.2, 0) is 9.53 Å². The van der Waals surface area contributed by atoms with Crippen LogP contribution in [0.2, 0.25) is 0 Å². The highest BCUT2D eigenvalue weighted by Crippen LogP contribution is 2.39. The van der Waals surface area contributed by atoms with E-state index in [0.717, 1.165) is 24.0 Å². The number of phenols is 1. The number of esters is 1. The third-order valence-corrected chi connectivity index (χ3v) is 3.20. The minimum absolute atomic E-state index is 0.220. The van der Waals surface area contributed by atoms with Crippen LogP contribution in [0.1, 0.15) is 24.8 Å². The molecule has 0 aromatic heterocycles. The summed E-state index contributed by atoms with van der Waals surface area (Å²) >= 11 is 0. The maximum Gasteiger partial charge on any atom is 0.330 e. The molecule has 1 saturated carbocycles. The van der Waals surface area contributed by atoms with E-state index in [1.807, 2.05) is 6.07 Å². The molecule has 1 aliphatic carbocycles. The molecule has 0 aliphatic heterocycles. The van der Waals surface area contributed by atoms with Gasteiger partial charge in [-0.1, -0.05) is 18.6 Å². The summed E-state index contributed by atoms with van der Waals surface area (Å²) in [7, 11) is 1.37. The Morgan fingerprint density at radius 3 is 2.76 bits per heavy atom. The van der Waals surface area contributed by atoms with Gasteiger partial charge < -0.3 is 9.84 Å². The quantitative estimate of drug-likeness (QED) is 0.644. The Balaban J connectivity index is 2.32. The Morgan fingerprint density at radius 1 is 1.47 bits per heavy atom. The fraction of sp³-hybridized carbons (Fsp3) is 0.357. The minimum Gasteiger partial charge on any atom is -0.508 e. The largest absolute Gasteiger partial charge is 0.508 e. The van der Waals surface area contributed by atoms with Gasteiger partial charge in [0.1, 0.15) is 5.75 Å². The Bertz CT molecular complexity index is 445. The van der Waals surface area contributed by atoms with Gasteiger partial charge in [0, 0.05) is 6.08 Å². The Hall–Kier alpha value is -1.77. The second-order valence-corrected chi connectivity index (χ2v) is 4.30. The molecule has 0 unspecified atom stereocenters. The summed E-state index contributed by atoms with van der Waals surface area (Å²) in [6.07, 6.45) is 4.93. The minimum atomic E-state index is -0.338. The van der Waals surface area contributed by atoms with Crippen LogP contribution in [0.25, 0.3) is 5.57 Å². The van der Waals surface area contributed by atoms with Crippen LogP contribution in [0.5, 0.6) is 5.75 Å². The maximum absolute atomic E-state index is 11.4. The predicted octanol–water partition coefficient (Wildman–Crippen LogP) is 2.75. The van der Waals surface area contributed by atoms with Crippen molar-refractivity contribution >= 4 is 11.5 Å². The van der Waals surface area contributed by atoms with E-state index in [9.17, 15) is 9.90 Å². The lowest BCUT2D eigenvalue weighted by Gasteiger charge is -2.28. The summed E-state index contributed by atoms with van der Waals surface area (Å²) in [6.45, 7) is 0. The molecule has 0 radical (unpaired) electrons. The number of phenolic OH excluding ortho intramolecular Hbond substituents is 1. The molecule has 90 valence electrons. The van der Waals surface area contributed by atoms with Gasteiger partial charge >= 0.3 is 5.97 Å². The fourth-order valence-corrected chi connectivity index (χ4v) is 2.03. The van der Waals surface area contributed by atoms with E-state index < -0.39 is 0 Å². The van der Waals surface area contributed by atoms with E-state index in [1.165, 1.54) is 13.5 Å². The lowest BCUT2D eigenvalue weighted by Crippen LogP contribution is -2.14. The van der Waals surface area contributed by atoms with Crippen molar-refractivity contribution in [3.05, 3.63) is 35.9 Å². The van der Waals surface area contributed by atoms with E-state index in [0.29, 0.717) is 5.92 Å². The molecule has 1 aromatic rings. The topological polar surface area (TPSA) is 46.5 Å². The zero-order valence-electron chi connectivity index (χ0n) is 9.85. The van der Waals surface area contributed by atoms with E-state index in [1.54, 1.807) is 24.3 Å². The lowest BCUT2D eigenvalue weighted by molar-refractivity contribution is -0.134. The molecular weight excluding hydrogens is 216 g/mol. The third kappa shape index (κ3) is 2.67. The van der Waals surface area contributed by atoms with Crippen molar-refractivity contribution in [1.29, 1.82) is 0 Å². The monoisotopic (exact) mass is 232 g/mol. The first-order chi connectivity index (χ1) is 8.20. The zero-order chi connectivity index (χ0) is 12.3. The highest BCUT2D eigenvalue weighted by molar-refractivity contribution is 5.92. The van der Waals surface area contributed by atoms with Crippen LogP contribution < -0.4 is 0 Å². The molecule has 0 spiro atoms. The number of ether oxygens (including phenoxy) is 1. The molecule has 1 aliphatic rings. The van der Waals surface area contributed by atoms with Crippen LogP contribution in [-0.4, -0.2) is 18.2 Å². The number of benzene rings is 1. The van der Waals surface area contributed by atoms with Gasteiger partial charge in [-0.05, 0) is 42.0 Å². The molecule has 3 nitrogen and oxygen atoms in total. The molecule has 1 fully saturated rings. The van der Waals surface area contributed by atoms with Crippen molar-refractivity contribution in [3.63, 3.8) is 0 Å². The van der Waals surface area contributed by atoms with Crippen LogP contribution in [0.15, 0.2) is 30.3 Å². The molecule has 2 rings (SSSR count). The molecule has 1 aromatic carbocycles. The summed E-state index contributed by atoms with van der Waals surface area (Å²) < 4.78 is 4.67. The van der Waals surface area contributed by atoms with E-state index in [-0.39, 0.29) is 11.7 Å². The fourth-order valence-electron chi connectivity index (χ4n) is 2.03. The molecule has 3 heteroatoms. The molecule has 0 bridgehead atoms. The maximum atomic E-state index is 11.4. The molecule has 0 atom stereocenters. The Kier molecular flexibility index (Phi) is 3.47. The molecular formula is C14H16O3. The first-order valence-electron chi connectivity index (χ1n) is 5.79. The average molecular weight is 232 g/mol. The zero-order valence-corrected chi connectivity index (χ0v) is 9.85. The summed E-state index contributed by atoms with van der Waals surface area (Å²) in [4.78, 5) is 11.4. The van der Waals surface area contributed by atoms with Crippen molar-refractivity contribution < 1.29 is 14.6 Å². The highest BCUT2D eigenvalue weighted by atomic mass is 16.5. The second-order valence-electron chi connectivity index (χ2n) is 4.30. The number of rotatable bonds is 3. The van der Waals surface area contributed by atoms with E-state index in [2.05, 4.69) is 4.74 Å². The van der Waals surface area contributed by atoms with Gasteiger partial charge in [-0.25, -0.2) is 4.79 Å². The summed E-state index contributed by atoms with van der Waals surface area (Å²) in [5, 5.41) is 9.48. The smallest absolute Gasteiger partial charge is 0.330 e. The molecule has 0 saturated heterocycles. The van der Waals surface area contributed by atoms with Gasteiger partial charge in [-0.2, -0.15) is 0 Å². The number of methoxy groups -OCH3 is 1. The summed E-state index contributed by atoms with van der Waals surface area (Å²) in [5.41, 5.74) is 1.87. The van der Waals surface area contributed by atoms with Crippen molar-refractivity contribution in [2.24, 2.45) is 5.92 Å². The van der Waals surface area contributed by atoms with E-state index >= 15 is 0 Å². The SMILES string of the molecule is COC(=O)C=C(c1cccc(O)c1)C1CCC1. The van der Waals surface area contributed by atoms with Crippen molar-refractivity contribution in [2.75, 3.05) is 7.11 Å². The van der Waals surface area contributed by atoms with Crippen LogP contribution >= 0.6 is 0 Å². The summed E-state index contributed by atoms with van der Waals surface area (Å²) in [5.74, 6) is 0.295. The Morgan fingerprint density at radius 2 is 2.24 bits per heavy atom. The number of allylic oxidation sites excluding steroid dienone is 1. The summed E-state index contributed by atoms with van der Waals surface area (Å²) in [6, 6.07) is 7.01.